The smallest absolute Gasteiger partial charge is 0.262 e. The summed E-state index contributed by atoms with van der Waals surface area (Å²) in [7, 11) is 3.97. The molecule has 26 heavy (non-hydrogen) atoms. The number of rotatable bonds is 9. The number of anilines is 1. The van der Waals surface area contributed by atoms with Crippen molar-refractivity contribution >= 4 is 17.4 Å². The van der Waals surface area contributed by atoms with E-state index in [2.05, 4.69) is 5.32 Å². The van der Waals surface area contributed by atoms with Crippen molar-refractivity contribution in [3.05, 3.63) is 54.1 Å². The van der Waals surface area contributed by atoms with Crippen LogP contribution in [-0.4, -0.2) is 50.4 Å². The Balaban J connectivity index is 1.80. The molecule has 2 aromatic rings. The zero-order chi connectivity index (χ0) is 18.9. The molecule has 0 aliphatic carbocycles. The third kappa shape index (κ3) is 6.57. The van der Waals surface area contributed by atoms with E-state index in [-0.39, 0.29) is 18.3 Å². The molecule has 0 heterocycles. The van der Waals surface area contributed by atoms with Crippen molar-refractivity contribution in [3.63, 3.8) is 0 Å². The first kappa shape index (κ1) is 19.5. The van der Waals surface area contributed by atoms with Crippen LogP contribution in [0.15, 0.2) is 48.5 Å². The van der Waals surface area contributed by atoms with E-state index in [0.29, 0.717) is 23.6 Å². The van der Waals surface area contributed by atoms with Crippen LogP contribution in [-0.2, 0) is 4.79 Å². The number of nitrogens with zero attached hydrogens (tertiary/aromatic N) is 1. The molecule has 6 heteroatoms. The second-order valence-corrected chi connectivity index (χ2v) is 6.10. The van der Waals surface area contributed by atoms with Gasteiger partial charge < -0.3 is 19.7 Å². The molecule has 0 fully saturated rings. The number of likely N-dealkylation sites (N-methyl/N-ethyl adjacent to an activating group) is 1. The summed E-state index contributed by atoms with van der Waals surface area (Å²) >= 11 is 0. The fourth-order valence-electron chi connectivity index (χ4n) is 2.13. The molecule has 0 atom stereocenters. The number of ketones is 1. The molecule has 0 unspecified atom stereocenters. The summed E-state index contributed by atoms with van der Waals surface area (Å²) in [6.45, 7) is 2.79. The fourth-order valence-corrected chi connectivity index (χ4v) is 2.13. The number of Topliss-reactive ketones (excluding diaryl/α,β-unsaturated/α-hetero) is 1. The molecule has 0 radical (unpaired) electrons. The third-order valence-electron chi connectivity index (χ3n) is 3.56. The Bertz CT molecular complexity index is 742. The van der Waals surface area contributed by atoms with Crippen molar-refractivity contribution in [1.82, 2.24) is 4.90 Å². The van der Waals surface area contributed by atoms with Gasteiger partial charge in [0.1, 0.15) is 18.1 Å². The van der Waals surface area contributed by atoms with Gasteiger partial charge in [-0.1, -0.05) is 12.1 Å². The Morgan fingerprint density at radius 2 is 1.73 bits per heavy atom. The van der Waals surface area contributed by atoms with E-state index in [4.69, 9.17) is 9.47 Å². The van der Waals surface area contributed by atoms with E-state index < -0.39 is 0 Å². The number of nitrogens with one attached hydrogen (secondary N) is 1. The van der Waals surface area contributed by atoms with E-state index in [9.17, 15) is 9.59 Å². The van der Waals surface area contributed by atoms with E-state index in [0.717, 1.165) is 12.3 Å². The van der Waals surface area contributed by atoms with Crippen LogP contribution >= 0.6 is 0 Å². The lowest BCUT2D eigenvalue weighted by Gasteiger charge is -2.12. The molecule has 0 aromatic heterocycles. The lowest BCUT2D eigenvalue weighted by molar-refractivity contribution is -0.118. The standard InChI is InChI=1S/C20H24N2O4/c1-15(23)16-5-4-6-19(13-16)26-14-20(24)21-17-7-9-18(10-8-17)25-12-11-22(2)3/h4-10,13H,11-12,14H2,1-3H3,(H,21,24). The maximum atomic E-state index is 12.0. The summed E-state index contributed by atoms with van der Waals surface area (Å²) in [6.07, 6.45) is 0. The van der Waals surface area contributed by atoms with Crippen LogP contribution < -0.4 is 14.8 Å². The molecule has 0 bridgehead atoms. The molecular formula is C20H24N2O4. The van der Waals surface area contributed by atoms with Crippen molar-refractivity contribution in [3.8, 4) is 11.5 Å². The Labute approximate surface area is 153 Å². The molecule has 1 amide bonds. The molecule has 0 aliphatic heterocycles. The quantitative estimate of drug-likeness (QED) is 0.700. The van der Waals surface area contributed by atoms with Gasteiger partial charge in [-0.25, -0.2) is 0 Å². The second kappa shape index (κ2) is 9.58. The van der Waals surface area contributed by atoms with Gasteiger partial charge in [0.05, 0.1) is 0 Å². The van der Waals surface area contributed by atoms with E-state index >= 15 is 0 Å². The van der Waals surface area contributed by atoms with Crippen LogP contribution in [0.5, 0.6) is 11.5 Å². The Morgan fingerprint density at radius 3 is 2.38 bits per heavy atom. The summed E-state index contributed by atoms with van der Waals surface area (Å²) in [6, 6.07) is 13.9. The van der Waals surface area contributed by atoms with E-state index in [1.807, 2.05) is 31.1 Å². The van der Waals surface area contributed by atoms with Crippen LogP contribution in [0.25, 0.3) is 0 Å². The second-order valence-electron chi connectivity index (χ2n) is 6.10. The van der Waals surface area contributed by atoms with Crippen molar-refractivity contribution in [2.24, 2.45) is 0 Å². The molecule has 0 saturated heterocycles. The first-order valence-corrected chi connectivity index (χ1v) is 8.35. The average Bonchev–Trinajstić information content (AvgIpc) is 2.61. The van der Waals surface area contributed by atoms with Crippen molar-refractivity contribution in [2.45, 2.75) is 6.92 Å². The van der Waals surface area contributed by atoms with Crippen molar-refractivity contribution in [2.75, 3.05) is 39.2 Å². The fraction of sp³-hybridized carbons (Fsp3) is 0.300. The molecule has 0 aliphatic rings. The highest BCUT2D eigenvalue weighted by atomic mass is 16.5. The van der Waals surface area contributed by atoms with Crippen molar-refractivity contribution < 1.29 is 19.1 Å². The van der Waals surface area contributed by atoms with Gasteiger partial charge in [-0.3, -0.25) is 9.59 Å². The first-order chi connectivity index (χ1) is 12.4. The van der Waals surface area contributed by atoms with E-state index in [1.165, 1.54) is 6.92 Å². The van der Waals surface area contributed by atoms with Gasteiger partial charge in [0.25, 0.3) is 5.91 Å². The number of hydrogen-bond donors (Lipinski definition) is 1. The van der Waals surface area contributed by atoms with Crippen LogP contribution in [0.4, 0.5) is 5.69 Å². The topological polar surface area (TPSA) is 67.9 Å². The highest BCUT2D eigenvalue weighted by Crippen LogP contribution is 2.16. The highest BCUT2D eigenvalue weighted by molar-refractivity contribution is 5.94. The zero-order valence-electron chi connectivity index (χ0n) is 15.3. The zero-order valence-corrected chi connectivity index (χ0v) is 15.3. The van der Waals surface area contributed by atoms with Gasteiger partial charge >= 0.3 is 0 Å². The van der Waals surface area contributed by atoms with Crippen LogP contribution in [0, 0.1) is 0 Å². The largest absolute Gasteiger partial charge is 0.492 e. The predicted molar refractivity (Wildman–Crippen MR) is 101 cm³/mol. The predicted octanol–water partition coefficient (Wildman–Crippen LogP) is 2.85. The summed E-state index contributed by atoms with van der Waals surface area (Å²) in [5.74, 6) is 0.909. The summed E-state index contributed by atoms with van der Waals surface area (Å²) in [5.41, 5.74) is 1.21. The molecule has 138 valence electrons. The SMILES string of the molecule is CC(=O)c1cccc(OCC(=O)Nc2ccc(OCCN(C)C)cc2)c1. The summed E-state index contributed by atoms with van der Waals surface area (Å²) in [5, 5.41) is 2.76. The lowest BCUT2D eigenvalue weighted by Crippen LogP contribution is -2.20. The maximum absolute atomic E-state index is 12.0. The van der Waals surface area contributed by atoms with Crippen LogP contribution in [0.3, 0.4) is 0 Å². The highest BCUT2D eigenvalue weighted by Gasteiger charge is 2.06. The number of benzene rings is 2. The van der Waals surface area contributed by atoms with E-state index in [1.54, 1.807) is 36.4 Å². The minimum absolute atomic E-state index is 0.0483. The third-order valence-corrected chi connectivity index (χ3v) is 3.56. The van der Waals surface area contributed by atoms with Gasteiger partial charge in [-0.2, -0.15) is 0 Å². The Hall–Kier alpha value is -2.86. The molecule has 6 nitrogen and oxygen atoms in total. The lowest BCUT2D eigenvalue weighted by atomic mass is 10.1. The average molecular weight is 356 g/mol. The molecule has 0 spiro atoms. The summed E-state index contributed by atoms with van der Waals surface area (Å²) in [4.78, 5) is 25.4. The van der Waals surface area contributed by atoms with Crippen molar-refractivity contribution in [1.29, 1.82) is 0 Å². The molecule has 2 rings (SSSR count). The van der Waals surface area contributed by atoms with Gasteiger partial charge in [-0.15, -0.1) is 0 Å². The first-order valence-electron chi connectivity index (χ1n) is 8.35. The van der Waals surface area contributed by atoms with Gasteiger partial charge in [0.2, 0.25) is 0 Å². The number of hydrogen-bond acceptors (Lipinski definition) is 5. The minimum atomic E-state index is -0.278. The summed E-state index contributed by atoms with van der Waals surface area (Å²) < 4.78 is 11.0. The molecule has 1 N–H and O–H groups in total. The molecular weight excluding hydrogens is 332 g/mol. The van der Waals surface area contributed by atoms with Crippen LogP contribution in [0.1, 0.15) is 17.3 Å². The number of ether oxygens (including phenoxy) is 2. The number of carbonyl (C=O) groups is 2. The monoisotopic (exact) mass is 356 g/mol. The molecule has 2 aromatic carbocycles. The normalized spacial score (nSPS) is 10.5. The minimum Gasteiger partial charge on any atom is -0.492 e. The Kier molecular flexibility index (Phi) is 7.17. The van der Waals surface area contributed by atoms with Gasteiger partial charge in [-0.05, 0) is 57.4 Å². The van der Waals surface area contributed by atoms with Gasteiger partial charge in [0, 0.05) is 17.8 Å². The maximum Gasteiger partial charge on any atom is 0.262 e. The van der Waals surface area contributed by atoms with Gasteiger partial charge in [0.15, 0.2) is 12.4 Å². The Morgan fingerprint density at radius 1 is 1.00 bits per heavy atom. The number of carbonyl (C=O) groups excluding carboxylic acids is 2. The molecule has 0 saturated carbocycles. The van der Waals surface area contributed by atoms with Crippen LogP contribution in [0.2, 0.25) is 0 Å². The number of amides is 1.